The number of nitrogens with two attached hydrogens (primary N) is 1. The van der Waals surface area contributed by atoms with Gasteiger partial charge in [0.2, 0.25) is 5.88 Å². The zero-order valence-corrected chi connectivity index (χ0v) is 8.39. The van der Waals surface area contributed by atoms with Crippen molar-refractivity contribution in [3.05, 3.63) is 17.8 Å². The third kappa shape index (κ3) is 3.06. The quantitative estimate of drug-likeness (QED) is 0.840. The highest BCUT2D eigenvalue weighted by molar-refractivity contribution is 9.08. The van der Waals surface area contributed by atoms with E-state index in [1.54, 1.807) is 0 Å². The van der Waals surface area contributed by atoms with Crippen molar-refractivity contribution in [3.63, 3.8) is 0 Å². The molecule has 1 rings (SSSR count). The Morgan fingerprint density at radius 2 is 2.07 bits per heavy atom. The zero-order chi connectivity index (χ0) is 10.8. The van der Waals surface area contributed by atoms with Gasteiger partial charge in [0.05, 0.1) is 11.4 Å². The largest absolute Gasteiger partial charge is 0.574 e. The van der Waals surface area contributed by atoms with E-state index in [0.717, 1.165) is 6.07 Å². The zero-order valence-electron chi connectivity index (χ0n) is 6.81. The first-order chi connectivity index (χ1) is 6.42. The second-order valence-corrected chi connectivity index (χ2v) is 2.93. The summed E-state index contributed by atoms with van der Waals surface area (Å²) in [5.41, 5.74) is 6.06. The molecule has 0 bridgehead atoms. The molecule has 0 amide bonds. The predicted octanol–water partition coefficient (Wildman–Crippen LogP) is 2.46. The van der Waals surface area contributed by atoms with Gasteiger partial charge in [0.25, 0.3) is 0 Å². The smallest absolute Gasteiger partial charge is 0.397 e. The Labute approximate surface area is 86.2 Å². The number of nitrogens with zero attached hydrogens (tertiary/aromatic N) is 1. The fourth-order valence-corrected chi connectivity index (χ4v) is 1.22. The molecule has 2 N–H and O–H groups in total. The third-order valence-corrected chi connectivity index (χ3v) is 1.86. The number of ether oxygens (including phenoxy) is 1. The lowest BCUT2D eigenvalue weighted by atomic mass is 10.3. The van der Waals surface area contributed by atoms with E-state index in [1.807, 2.05) is 0 Å². The minimum absolute atomic E-state index is 0.272. The summed E-state index contributed by atoms with van der Waals surface area (Å²) < 4.78 is 38.9. The van der Waals surface area contributed by atoms with Gasteiger partial charge in [-0.2, -0.15) is 0 Å². The molecule has 0 aliphatic carbocycles. The van der Waals surface area contributed by atoms with Crippen LogP contribution in [0.15, 0.2) is 12.1 Å². The topological polar surface area (TPSA) is 48.1 Å². The maximum Gasteiger partial charge on any atom is 0.574 e. The van der Waals surface area contributed by atoms with Crippen LogP contribution >= 0.6 is 15.9 Å². The summed E-state index contributed by atoms with van der Waals surface area (Å²) in [7, 11) is 0. The van der Waals surface area contributed by atoms with E-state index in [4.69, 9.17) is 5.73 Å². The fraction of sp³-hybridized carbons (Fsp3) is 0.286. The van der Waals surface area contributed by atoms with Gasteiger partial charge in [-0.25, -0.2) is 4.98 Å². The Kier molecular flexibility index (Phi) is 3.20. The van der Waals surface area contributed by atoms with Crippen molar-refractivity contribution in [2.45, 2.75) is 11.7 Å². The average Bonchev–Trinajstić information content (AvgIpc) is 2.06. The Morgan fingerprint density at radius 3 is 2.57 bits per heavy atom. The second-order valence-electron chi connectivity index (χ2n) is 2.37. The van der Waals surface area contributed by atoms with E-state index >= 15 is 0 Å². The lowest BCUT2D eigenvalue weighted by Gasteiger charge is -2.09. The number of rotatable bonds is 2. The standard InChI is InChI=1S/C7H6BrF3N2O/c8-3-5-4(12)1-2-6(13-5)14-7(9,10)11/h1-2H,3,12H2. The Bertz CT molecular complexity index is 329. The van der Waals surface area contributed by atoms with E-state index in [-0.39, 0.29) is 5.33 Å². The molecular formula is C7H6BrF3N2O. The molecule has 1 aromatic rings. The molecule has 0 aromatic carbocycles. The van der Waals surface area contributed by atoms with Crippen LogP contribution < -0.4 is 10.5 Å². The molecule has 0 aliphatic heterocycles. The van der Waals surface area contributed by atoms with Crippen LogP contribution in [0.25, 0.3) is 0 Å². The summed E-state index contributed by atoms with van der Waals surface area (Å²) in [5.74, 6) is -0.513. The van der Waals surface area contributed by atoms with Crippen LogP contribution in [-0.4, -0.2) is 11.3 Å². The molecule has 3 nitrogen and oxygen atoms in total. The molecule has 0 aliphatic rings. The van der Waals surface area contributed by atoms with Crippen LogP contribution in [0.2, 0.25) is 0 Å². The normalized spacial score (nSPS) is 11.4. The van der Waals surface area contributed by atoms with Gasteiger partial charge in [-0.1, -0.05) is 15.9 Å². The Balaban J connectivity index is 2.90. The summed E-state index contributed by atoms with van der Waals surface area (Å²) in [4.78, 5) is 3.56. The molecule has 0 radical (unpaired) electrons. The predicted molar refractivity (Wildman–Crippen MR) is 48.0 cm³/mol. The van der Waals surface area contributed by atoms with Crippen molar-refractivity contribution in [1.82, 2.24) is 4.98 Å². The Morgan fingerprint density at radius 1 is 1.43 bits per heavy atom. The first kappa shape index (κ1) is 11.1. The number of hydrogen-bond donors (Lipinski definition) is 1. The maximum atomic E-state index is 11.8. The van der Waals surface area contributed by atoms with Gasteiger partial charge in [-0.05, 0) is 6.07 Å². The van der Waals surface area contributed by atoms with Gasteiger partial charge in [0.1, 0.15) is 0 Å². The summed E-state index contributed by atoms with van der Waals surface area (Å²) in [6, 6.07) is 2.37. The number of anilines is 1. The third-order valence-electron chi connectivity index (χ3n) is 1.33. The molecule has 0 atom stereocenters. The van der Waals surface area contributed by atoms with Crippen LogP contribution in [0.3, 0.4) is 0 Å². The molecular weight excluding hydrogens is 265 g/mol. The molecule has 0 spiro atoms. The highest BCUT2D eigenvalue weighted by atomic mass is 79.9. The van der Waals surface area contributed by atoms with Crippen molar-refractivity contribution >= 4 is 21.6 Å². The number of halogens is 4. The van der Waals surface area contributed by atoms with Crippen LogP contribution in [-0.2, 0) is 5.33 Å². The molecule has 14 heavy (non-hydrogen) atoms. The van der Waals surface area contributed by atoms with Crippen LogP contribution in [0.1, 0.15) is 5.69 Å². The number of aromatic nitrogens is 1. The molecule has 7 heteroatoms. The van der Waals surface area contributed by atoms with Crippen molar-refractivity contribution in [3.8, 4) is 5.88 Å². The van der Waals surface area contributed by atoms with Crippen molar-refractivity contribution in [2.75, 3.05) is 5.73 Å². The second kappa shape index (κ2) is 4.04. The van der Waals surface area contributed by atoms with E-state index in [9.17, 15) is 13.2 Å². The van der Waals surface area contributed by atoms with Crippen molar-refractivity contribution in [1.29, 1.82) is 0 Å². The van der Waals surface area contributed by atoms with Gasteiger partial charge in [0, 0.05) is 11.4 Å². The summed E-state index contributed by atoms with van der Waals surface area (Å²) in [6.45, 7) is 0. The SMILES string of the molecule is Nc1ccc(OC(F)(F)F)nc1CBr. The summed E-state index contributed by atoms with van der Waals surface area (Å²) >= 11 is 3.04. The van der Waals surface area contributed by atoms with Gasteiger partial charge >= 0.3 is 6.36 Å². The monoisotopic (exact) mass is 270 g/mol. The van der Waals surface area contributed by atoms with Gasteiger partial charge in [0.15, 0.2) is 0 Å². The minimum Gasteiger partial charge on any atom is -0.397 e. The van der Waals surface area contributed by atoms with Gasteiger partial charge in [-0.3, -0.25) is 0 Å². The van der Waals surface area contributed by atoms with Crippen LogP contribution in [0.4, 0.5) is 18.9 Å². The number of alkyl halides is 4. The minimum atomic E-state index is -4.73. The number of hydrogen-bond acceptors (Lipinski definition) is 3. The van der Waals surface area contributed by atoms with Crippen LogP contribution in [0, 0.1) is 0 Å². The highest BCUT2D eigenvalue weighted by Gasteiger charge is 2.31. The molecule has 0 saturated heterocycles. The highest BCUT2D eigenvalue weighted by Crippen LogP contribution is 2.23. The van der Waals surface area contributed by atoms with Gasteiger partial charge < -0.3 is 10.5 Å². The van der Waals surface area contributed by atoms with E-state index in [2.05, 4.69) is 25.7 Å². The fourth-order valence-electron chi connectivity index (χ4n) is 0.775. The number of nitrogen functional groups attached to an aromatic ring is 1. The molecule has 78 valence electrons. The van der Waals surface area contributed by atoms with Crippen LogP contribution in [0.5, 0.6) is 5.88 Å². The van der Waals surface area contributed by atoms with Crippen molar-refractivity contribution in [2.24, 2.45) is 0 Å². The molecule has 1 heterocycles. The number of pyridine rings is 1. The average molecular weight is 271 g/mol. The first-order valence-electron chi connectivity index (χ1n) is 3.49. The van der Waals surface area contributed by atoms with E-state index in [1.165, 1.54) is 6.07 Å². The lowest BCUT2D eigenvalue weighted by molar-refractivity contribution is -0.276. The maximum absolute atomic E-state index is 11.8. The first-order valence-corrected chi connectivity index (χ1v) is 4.61. The molecule has 0 saturated carbocycles. The van der Waals surface area contributed by atoms with Gasteiger partial charge in [-0.15, -0.1) is 13.2 Å². The van der Waals surface area contributed by atoms with Crippen molar-refractivity contribution < 1.29 is 17.9 Å². The Hall–Kier alpha value is -0.980. The molecule has 0 unspecified atom stereocenters. The lowest BCUT2D eigenvalue weighted by Crippen LogP contribution is -2.18. The molecule has 0 fully saturated rings. The summed E-state index contributed by atoms with van der Waals surface area (Å²) in [5, 5.41) is 0.272. The van der Waals surface area contributed by atoms with E-state index < -0.39 is 12.2 Å². The summed E-state index contributed by atoms with van der Waals surface area (Å²) in [6.07, 6.45) is -4.73. The van der Waals surface area contributed by atoms with E-state index in [0.29, 0.717) is 11.4 Å². The molecule has 1 aromatic heterocycles.